The van der Waals surface area contributed by atoms with Gasteiger partial charge in [0, 0.05) is 0 Å². The van der Waals surface area contributed by atoms with E-state index in [2.05, 4.69) is 0 Å². The van der Waals surface area contributed by atoms with Crippen LogP contribution in [0, 0.1) is 0 Å². The normalized spacial score (nSPS) is 16.2. The molecule has 0 amide bonds. The van der Waals surface area contributed by atoms with Crippen LogP contribution in [0.5, 0.6) is 0 Å². The molecule has 0 aliphatic carbocycles. The fourth-order valence-electron chi connectivity index (χ4n) is 1.32. The molecule has 0 aliphatic heterocycles. The maximum absolute atomic E-state index is 13.1. The molecule has 0 aromatic rings. The molecule has 0 saturated heterocycles. The van der Waals surface area contributed by atoms with Crippen molar-refractivity contribution in [3.63, 3.8) is 0 Å². The Balaban J connectivity index is 6.63. The molecule has 0 saturated carbocycles. The van der Waals surface area contributed by atoms with Crippen LogP contribution in [-0.2, 0) is 9.53 Å². The van der Waals surface area contributed by atoms with Crippen LogP contribution in [-0.4, -0.2) is 59.1 Å². The molecule has 0 atom stereocenters. The number of hydrogen-bond donors (Lipinski definition) is 1. The lowest BCUT2D eigenvalue weighted by Crippen LogP contribution is -2.74. The van der Waals surface area contributed by atoms with E-state index in [9.17, 15) is 79.4 Å². The van der Waals surface area contributed by atoms with E-state index in [1.165, 1.54) is 0 Å². The second-order valence-electron chi connectivity index (χ2n) is 4.82. The van der Waals surface area contributed by atoms with Gasteiger partial charge in [0.25, 0.3) is 0 Å². The smallest absolute Gasteiger partial charge is 0.477 e. The van der Waals surface area contributed by atoms with Crippen LogP contribution < -0.4 is 0 Å². The number of alkyl halides is 17. The molecule has 0 aliphatic rings. The molecule has 1 N–H and O–H groups in total. The second-order valence-corrected chi connectivity index (χ2v) is 4.82. The summed E-state index contributed by atoms with van der Waals surface area (Å²) >= 11 is 0. The van der Waals surface area contributed by atoms with Gasteiger partial charge in [-0.15, -0.1) is 13.2 Å². The van der Waals surface area contributed by atoms with E-state index in [-0.39, 0.29) is 0 Å². The van der Waals surface area contributed by atoms with E-state index < -0.39 is 54.0 Å². The third-order valence-corrected chi connectivity index (χ3v) is 2.85. The molecular formula is C9HF17O3. The molecule has 0 fully saturated rings. The van der Waals surface area contributed by atoms with Gasteiger partial charge >= 0.3 is 54.0 Å². The van der Waals surface area contributed by atoms with E-state index in [0.29, 0.717) is 0 Å². The average molecular weight is 480 g/mol. The van der Waals surface area contributed by atoms with Crippen LogP contribution in [0.25, 0.3) is 0 Å². The Labute approximate surface area is 145 Å². The zero-order valence-corrected chi connectivity index (χ0v) is 12.2. The van der Waals surface area contributed by atoms with Gasteiger partial charge in [-0.25, -0.2) is 9.53 Å². The summed E-state index contributed by atoms with van der Waals surface area (Å²) in [6.07, 6.45) is -14.8. The second kappa shape index (κ2) is 6.62. The fourth-order valence-corrected chi connectivity index (χ4v) is 1.32. The number of halogens is 17. The standard InChI is InChI=1S/C9HF17O3/c10-2(11,1(27)28)3(12,13)4(14,15)5(16,17)6(18,19)7(20,21)8(22,23)29-9(24,25)26/h(H,27,28). The maximum Gasteiger partial charge on any atom is 0.527 e. The predicted molar refractivity (Wildman–Crippen MR) is 49.4 cm³/mol. The SMILES string of the molecule is O=C(O)C(F)(F)C(F)(F)C(F)(F)C(F)(F)C(F)(F)C(F)(F)C(F)(F)OC(F)(F)F. The lowest BCUT2D eigenvalue weighted by Gasteiger charge is -2.41. The number of carboxylic acids is 1. The molecule has 174 valence electrons. The van der Waals surface area contributed by atoms with E-state index in [1.54, 1.807) is 0 Å². The van der Waals surface area contributed by atoms with Gasteiger partial charge in [0.1, 0.15) is 0 Å². The van der Waals surface area contributed by atoms with Gasteiger partial charge in [-0.05, 0) is 0 Å². The average Bonchev–Trinajstić information content (AvgIpc) is 2.43. The first-order chi connectivity index (χ1) is 12.2. The topological polar surface area (TPSA) is 46.5 Å². The summed E-state index contributed by atoms with van der Waals surface area (Å²) in [4.78, 5) is 9.79. The minimum atomic E-state index is -8.70. The molecule has 0 aromatic heterocycles. The third kappa shape index (κ3) is 3.74. The Bertz CT molecular complexity index is 633. The summed E-state index contributed by atoms with van der Waals surface area (Å²) in [7, 11) is 0. The summed E-state index contributed by atoms with van der Waals surface area (Å²) in [5, 5.41) is 7.62. The number of ether oxygens (including phenoxy) is 1. The molecule has 29 heavy (non-hydrogen) atoms. The highest BCUT2D eigenvalue weighted by atomic mass is 19.4. The first kappa shape index (κ1) is 27.2. The van der Waals surface area contributed by atoms with Crippen molar-refractivity contribution in [2.45, 2.75) is 48.0 Å². The van der Waals surface area contributed by atoms with E-state index >= 15 is 0 Å². The first-order valence-electron chi connectivity index (χ1n) is 5.80. The van der Waals surface area contributed by atoms with Gasteiger partial charge in [0.05, 0.1) is 0 Å². The quantitative estimate of drug-likeness (QED) is 0.497. The number of rotatable bonds is 8. The summed E-state index contributed by atoms with van der Waals surface area (Å²) in [5.74, 6) is -54.2. The lowest BCUT2D eigenvalue weighted by atomic mass is 9.91. The van der Waals surface area contributed by atoms with Crippen LogP contribution in [0.3, 0.4) is 0 Å². The summed E-state index contributed by atoms with van der Waals surface area (Å²) in [6.45, 7) is 0. The minimum absolute atomic E-state index is 1.10. The molecule has 0 rings (SSSR count). The van der Waals surface area contributed by atoms with Gasteiger partial charge in [-0.1, -0.05) is 0 Å². The molecular weight excluding hydrogens is 479 g/mol. The molecule has 0 unspecified atom stereocenters. The van der Waals surface area contributed by atoms with Crippen LogP contribution in [0.2, 0.25) is 0 Å². The zero-order chi connectivity index (χ0) is 24.3. The highest BCUT2D eigenvalue weighted by Crippen LogP contribution is 2.62. The van der Waals surface area contributed by atoms with Crippen molar-refractivity contribution < 1.29 is 89.3 Å². The molecule has 0 spiro atoms. The summed E-state index contributed by atoms with van der Waals surface area (Å²) in [6, 6.07) is 0. The summed E-state index contributed by atoms with van der Waals surface area (Å²) < 4.78 is 216. The first-order valence-corrected chi connectivity index (χ1v) is 5.80. The van der Waals surface area contributed by atoms with Gasteiger partial charge in [-0.2, -0.15) is 61.5 Å². The molecule has 0 radical (unpaired) electrons. The number of carbonyl (C=O) groups is 1. The maximum atomic E-state index is 13.1. The Kier molecular flexibility index (Phi) is 6.22. The summed E-state index contributed by atoms with van der Waals surface area (Å²) in [5.41, 5.74) is 0. The van der Waals surface area contributed by atoms with Crippen molar-refractivity contribution in [2.75, 3.05) is 0 Å². The minimum Gasteiger partial charge on any atom is -0.477 e. The molecule has 3 nitrogen and oxygen atoms in total. The van der Waals surface area contributed by atoms with E-state index in [4.69, 9.17) is 5.11 Å². The van der Waals surface area contributed by atoms with Crippen LogP contribution >= 0.6 is 0 Å². The number of carboxylic acid groups (broad SMARTS) is 1. The van der Waals surface area contributed by atoms with Crippen LogP contribution in [0.1, 0.15) is 0 Å². The van der Waals surface area contributed by atoms with Crippen molar-refractivity contribution in [2.24, 2.45) is 0 Å². The Morgan fingerprint density at radius 1 is 0.517 bits per heavy atom. The Hall–Kier alpha value is -1.76. The Morgan fingerprint density at radius 3 is 1.07 bits per heavy atom. The molecule has 0 heterocycles. The Morgan fingerprint density at radius 2 is 0.793 bits per heavy atom. The van der Waals surface area contributed by atoms with Gasteiger partial charge in [-0.3, -0.25) is 0 Å². The zero-order valence-electron chi connectivity index (χ0n) is 12.2. The third-order valence-electron chi connectivity index (χ3n) is 2.85. The highest BCUT2D eigenvalue weighted by Gasteiger charge is 2.94. The van der Waals surface area contributed by atoms with Gasteiger partial charge in [0.15, 0.2) is 0 Å². The van der Waals surface area contributed by atoms with Crippen molar-refractivity contribution in [1.82, 2.24) is 0 Å². The number of aliphatic carboxylic acids is 1. The van der Waals surface area contributed by atoms with Crippen molar-refractivity contribution in [3.05, 3.63) is 0 Å². The monoisotopic (exact) mass is 480 g/mol. The molecule has 0 bridgehead atoms. The lowest BCUT2D eigenvalue weighted by molar-refractivity contribution is -0.507. The predicted octanol–water partition coefficient (Wildman–Crippen LogP) is 5.01. The van der Waals surface area contributed by atoms with E-state index in [1.807, 2.05) is 0 Å². The largest absolute Gasteiger partial charge is 0.527 e. The van der Waals surface area contributed by atoms with E-state index in [0.717, 1.165) is 4.74 Å². The molecule has 20 heteroatoms. The van der Waals surface area contributed by atoms with Gasteiger partial charge < -0.3 is 5.11 Å². The highest BCUT2D eigenvalue weighted by molar-refractivity contribution is 5.77. The van der Waals surface area contributed by atoms with Gasteiger partial charge in [0.2, 0.25) is 0 Å². The number of hydrogen-bond acceptors (Lipinski definition) is 2. The van der Waals surface area contributed by atoms with Crippen LogP contribution in [0.15, 0.2) is 0 Å². The van der Waals surface area contributed by atoms with Crippen LogP contribution in [0.4, 0.5) is 74.6 Å². The van der Waals surface area contributed by atoms with Crippen molar-refractivity contribution in [1.29, 1.82) is 0 Å². The fraction of sp³-hybridized carbons (Fsp3) is 0.889. The molecule has 0 aromatic carbocycles. The van der Waals surface area contributed by atoms with Crippen molar-refractivity contribution >= 4 is 5.97 Å². The van der Waals surface area contributed by atoms with Crippen molar-refractivity contribution in [3.8, 4) is 0 Å².